The van der Waals surface area contributed by atoms with E-state index < -0.39 is 44.9 Å². The van der Waals surface area contributed by atoms with Gasteiger partial charge in [-0.25, -0.2) is 13.2 Å². The zero-order chi connectivity index (χ0) is 21.5. The van der Waals surface area contributed by atoms with Crippen LogP contribution in [0.5, 0.6) is 0 Å². The topological polar surface area (TPSA) is 119 Å². The fraction of sp³-hybridized carbons (Fsp3) is 0.400. The first-order chi connectivity index (χ1) is 13.7. The molecule has 1 heterocycles. The van der Waals surface area contributed by atoms with Gasteiger partial charge in [0.2, 0.25) is 0 Å². The fourth-order valence-corrected chi connectivity index (χ4v) is 4.78. The number of benzene rings is 1. The summed E-state index contributed by atoms with van der Waals surface area (Å²) in [5, 5.41) is 11.8. The number of carboxylic acid groups (broad SMARTS) is 1. The van der Waals surface area contributed by atoms with Crippen molar-refractivity contribution in [3.05, 3.63) is 35.4 Å². The van der Waals surface area contributed by atoms with E-state index in [0.29, 0.717) is 18.6 Å². The second-order valence-electron chi connectivity index (χ2n) is 6.42. The zero-order valence-electron chi connectivity index (χ0n) is 16.0. The average molecular weight is 419 g/mol. The molecular formula is C20H21NO7S. The third kappa shape index (κ3) is 5.81. The summed E-state index contributed by atoms with van der Waals surface area (Å²) in [4.78, 5) is 24.1. The van der Waals surface area contributed by atoms with Crippen LogP contribution in [0.3, 0.4) is 0 Å². The number of ether oxygens (including phenoxy) is 2. The van der Waals surface area contributed by atoms with Crippen LogP contribution in [0.15, 0.2) is 24.3 Å². The van der Waals surface area contributed by atoms with E-state index in [4.69, 9.17) is 9.47 Å². The highest BCUT2D eigenvalue weighted by Gasteiger charge is 2.57. The number of sulfone groups is 1. The minimum atomic E-state index is -3.38. The quantitative estimate of drug-likeness (QED) is 0.474. The molecule has 9 heteroatoms. The molecular weight excluding hydrogens is 398 g/mol. The van der Waals surface area contributed by atoms with Gasteiger partial charge >= 0.3 is 5.97 Å². The average Bonchev–Trinajstić information content (AvgIpc) is 2.66. The molecule has 0 radical (unpaired) electrons. The summed E-state index contributed by atoms with van der Waals surface area (Å²) in [5.41, 5.74) is -0.634. The summed E-state index contributed by atoms with van der Waals surface area (Å²) in [6, 6.07) is 4.70. The van der Waals surface area contributed by atoms with E-state index in [2.05, 4.69) is 29.0 Å². The molecule has 1 unspecified atom stereocenters. The van der Waals surface area contributed by atoms with Crippen molar-refractivity contribution in [3.8, 4) is 23.7 Å². The number of hydrogen-bond acceptors (Lipinski definition) is 6. The van der Waals surface area contributed by atoms with Gasteiger partial charge in [0.05, 0.1) is 18.1 Å². The van der Waals surface area contributed by atoms with Crippen LogP contribution in [0.2, 0.25) is 0 Å². The molecule has 0 aliphatic carbocycles. The Labute approximate surface area is 169 Å². The summed E-state index contributed by atoms with van der Waals surface area (Å²) in [6.07, 6.45) is 0.583. The number of methoxy groups -OCH3 is 2. The van der Waals surface area contributed by atoms with Gasteiger partial charge in [-0.05, 0) is 36.1 Å². The van der Waals surface area contributed by atoms with Crippen molar-refractivity contribution in [2.45, 2.75) is 18.1 Å². The molecule has 0 saturated carbocycles. The van der Waals surface area contributed by atoms with Crippen LogP contribution in [0, 0.1) is 23.7 Å². The summed E-state index contributed by atoms with van der Waals surface area (Å²) >= 11 is 0. The highest BCUT2D eigenvalue weighted by Crippen LogP contribution is 2.31. The third-order valence-electron chi connectivity index (χ3n) is 4.32. The van der Waals surface area contributed by atoms with Gasteiger partial charge < -0.3 is 19.9 Å². The largest absolute Gasteiger partial charge is 0.480 e. The van der Waals surface area contributed by atoms with E-state index in [1.165, 1.54) is 19.2 Å². The van der Waals surface area contributed by atoms with Crippen molar-refractivity contribution >= 4 is 21.7 Å². The maximum atomic E-state index is 12.4. The molecule has 0 bridgehead atoms. The molecule has 8 nitrogen and oxygen atoms in total. The summed E-state index contributed by atoms with van der Waals surface area (Å²) in [7, 11) is -0.560. The van der Waals surface area contributed by atoms with Crippen molar-refractivity contribution in [3.63, 3.8) is 0 Å². The summed E-state index contributed by atoms with van der Waals surface area (Å²) in [5.74, 6) is 8.08. The van der Waals surface area contributed by atoms with E-state index in [9.17, 15) is 23.1 Å². The van der Waals surface area contributed by atoms with Gasteiger partial charge in [-0.15, -0.1) is 0 Å². The number of carboxylic acids is 1. The number of amides is 1. The minimum absolute atomic E-state index is 0.210. The number of hydrogen-bond donors (Lipinski definition) is 2. The Kier molecular flexibility index (Phi) is 7.40. The highest BCUT2D eigenvalue weighted by atomic mass is 32.2. The Morgan fingerprint density at radius 1 is 1.21 bits per heavy atom. The minimum Gasteiger partial charge on any atom is -0.480 e. The van der Waals surface area contributed by atoms with Gasteiger partial charge in [-0.2, -0.15) is 0 Å². The van der Waals surface area contributed by atoms with Gasteiger partial charge in [0.25, 0.3) is 5.91 Å². The van der Waals surface area contributed by atoms with Crippen LogP contribution in [0.25, 0.3) is 0 Å². The first-order valence-corrected chi connectivity index (χ1v) is 10.4. The van der Waals surface area contributed by atoms with Crippen LogP contribution < -0.4 is 5.32 Å². The molecule has 1 fully saturated rings. The Balaban J connectivity index is 2.06. The number of aliphatic carboxylic acids is 1. The Hall–Kier alpha value is -2.85. The summed E-state index contributed by atoms with van der Waals surface area (Å²) < 4.78 is 33.1. The molecule has 0 aromatic heterocycles. The van der Waals surface area contributed by atoms with Crippen molar-refractivity contribution in [1.82, 2.24) is 5.32 Å². The normalized spacial score (nSPS) is 16.8. The SMILES string of the molecule is COCCC#CC#Cc1ccc(C(=O)NC(C(=O)O)C2(OC)CS(=O)(=O)C2)cc1. The molecule has 1 aliphatic heterocycles. The van der Waals surface area contributed by atoms with Crippen molar-refractivity contribution in [2.24, 2.45) is 0 Å². The molecule has 1 aromatic carbocycles. The first kappa shape index (κ1) is 22.4. The second-order valence-corrected chi connectivity index (χ2v) is 8.48. The molecule has 0 spiro atoms. The van der Waals surface area contributed by atoms with Crippen LogP contribution >= 0.6 is 0 Å². The molecule has 1 aromatic rings. The van der Waals surface area contributed by atoms with Crippen molar-refractivity contribution in [2.75, 3.05) is 32.3 Å². The van der Waals surface area contributed by atoms with Crippen molar-refractivity contribution in [1.29, 1.82) is 0 Å². The van der Waals surface area contributed by atoms with Crippen LogP contribution in [-0.4, -0.2) is 69.4 Å². The third-order valence-corrected chi connectivity index (χ3v) is 6.18. The number of carbonyl (C=O) groups excluding carboxylic acids is 1. The number of rotatable bonds is 7. The van der Waals surface area contributed by atoms with E-state index in [1.54, 1.807) is 19.2 Å². The van der Waals surface area contributed by atoms with Gasteiger partial charge in [0.15, 0.2) is 15.9 Å². The molecule has 1 amide bonds. The lowest BCUT2D eigenvalue weighted by molar-refractivity contribution is -0.147. The van der Waals surface area contributed by atoms with Crippen LogP contribution in [-0.2, 0) is 24.1 Å². The molecule has 2 N–H and O–H groups in total. The van der Waals surface area contributed by atoms with E-state index in [1.807, 2.05) is 0 Å². The Morgan fingerprint density at radius 2 is 1.86 bits per heavy atom. The maximum Gasteiger partial charge on any atom is 0.329 e. The van der Waals surface area contributed by atoms with Crippen LogP contribution in [0.1, 0.15) is 22.3 Å². The van der Waals surface area contributed by atoms with Crippen molar-refractivity contribution < 1.29 is 32.6 Å². The molecule has 2 rings (SSSR count). The standard InChI is InChI=1S/C20H21NO7S/c1-27-12-6-4-3-5-7-15-8-10-16(11-9-15)18(22)21-17(19(23)24)20(28-2)13-29(25,26)14-20/h8-11,17H,6,12-14H2,1-2H3,(H,21,22)(H,23,24). The lowest BCUT2D eigenvalue weighted by Gasteiger charge is -2.43. The molecule has 1 atom stereocenters. The van der Waals surface area contributed by atoms with Gasteiger partial charge in [-0.1, -0.05) is 11.8 Å². The number of nitrogens with one attached hydrogen (secondary N) is 1. The van der Waals surface area contributed by atoms with Gasteiger partial charge in [0.1, 0.15) is 5.60 Å². The first-order valence-electron chi connectivity index (χ1n) is 8.60. The molecule has 154 valence electrons. The summed E-state index contributed by atoms with van der Waals surface area (Å²) in [6.45, 7) is 0.534. The van der Waals surface area contributed by atoms with E-state index in [0.717, 1.165) is 0 Å². The monoisotopic (exact) mass is 419 g/mol. The van der Waals surface area contributed by atoms with E-state index >= 15 is 0 Å². The highest BCUT2D eigenvalue weighted by molar-refractivity contribution is 7.93. The molecule has 29 heavy (non-hydrogen) atoms. The predicted octanol–water partition coefficient (Wildman–Crippen LogP) is 0.0746. The Bertz CT molecular complexity index is 979. The van der Waals surface area contributed by atoms with Gasteiger partial charge in [0, 0.05) is 31.8 Å². The van der Waals surface area contributed by atoms with Gasteiger partial charge in [-0.3, -0.25) is 4.79 Å². The number of carbonyl (C=O) groups is 2. The van der Waals surface area contributed by atoms with E-state index in [-0.39, 0.29) is 5.56 Å². The fourth-order valence-electron chi connectivity index (χ4n) is 2.81. The lowest BCUT2D eigenvalue weighted by atomic mass is 9.96. The maximum absolute atomic E-state index is 12.4. The molecule has 1 aliphatic rings. The second kappa shape index (κ2) is 9.57. The zero-order valence-corrected chi connectivity index (χ0v) is 16.8. The van der Waals surface area contributed by atoms with Crippen LogP contribution in [0.4, 0.5) is 0 Å². The predicted molar refractivity (Wildman–Crippen MR) is 105 cm³/mol. The molecule has 1 saturated heterocycles. The lowest BCUT2D eigenvalue weighted by Crippen LogP contribution is -2.70. The smallest absolute Gasteiger partial charge is 0.329 e. The Morgan fingerprint density at radius 3 is 2.38 bits per heavy atom.